The van der Waals surface area contributed by atoms with Crippen LogP contribution in [0.4, 0.5) is 0 Å². The standard InChI is InChI=1S/C13H15NO3/c1-7-5-9-6-8(2)14-11(9)12(16-3)10(7)13(15)17-4/h5-6,14H,1-4H3. The first-order chi connectivity index (χ1) is 8.08. The van der Waals surface area contributed by atoms with Gasteiger partial charge in [0.2, 0.25) is 0 Å². The molecule has 0 bridgehead atoms. The van der Waals surface area contributed by atoms with E-state index in [-0.39, 0.29) is 5.97 Å². The van der Waals surface area contributed by atoms with Crippen LogP contribution in [0.2, 0.25) is 0 Å². The normalized spacial score (nSPS) is 10.6. The highest BCUT2D eigenvalue weighted by Gasteiger charge is 2.20. The van der Waals surface area contributed by atoms with Crippen LogP contribution in [0.5, 0.6) is 5.75 Å². The number of nitrogens with one attached hydrogen (secondary N) is 1. The van der Waals surface area contributed by atoms with Crippen molar-refractivity contribution in [3.63, 3.8) is 0 Å². The van der Waals surface area contributed by atoms with E-state index in [1.165, 1.54) is 7.11 Å². The van der Waals surface area contributed by atoms with Gasteiger partial charge in [-0.3, -0.25) is 0 Å². The highest BCUT2D eigenvalue weighted by molar-refractivity contribution is 6.02. The molecule has 1 aromatic carbocycles. The Balaban J connectivity index is 2.82. The maximum Gasteiger partial charge on any atom is 0.342 e. The van der Waals surface area contributed by atoms with E-state index in [0.717, 1.165) is 22.2 Å². The number of rotatable bonds is 2. The number of hydrogen-bond acceptors (Lipinski definition) is 3. The predicted octanol–water partition coefficient (Wildman–Crippen LogP) is 2.58. The minimum Gasteiger partial charge on any atom is -0.494 e. The van der Waals surface area contributed by atoms with Gasteiger partial charge in [0.1, 0.15) is 5.56 Å². The number of aryl methyl sites for hydroxylation is 2. The molecule has 1 aromatic heterocycles. The Bertz CT molecular complexity index is 584. The first kappa shape index (κ1) is 11.5. The Morgan fingerprint density at radius 2 is 1.94 bits per heavy atom. The average molecular weight is 233 g/mol. The number of aromatic amines is 1. The number of H-pyrrole nitrogens is 1. The van der Waals surface area contributed by atoms with E-state index in [4.69, 9.17) is 9.47 Å². The molecule has 0 fully saturated rings. The van der Waals surface area contributed by atoms with Gasteiger partial charge in [0.05, 0.1) is 19.7 Å². The second-order valence-corrected chi connectivity index (χ2v) is 4.01. The molecule has 0 aliphatic rings. The molecular weight excluding hydrogens is 218 g/mol. The lowest BCUT2D eigenvalue weighted by Gasteiger charge is -2.11. The maximum atomic E-state index is 11.7. The first-order valence-corrected chi connectivity index (χ1v) is 5.33. The Labute approximate surface area is 99.5 Å². The third kappa shape index (κ3) is 1.75. The predicted molar refractivity (Wildman–Crippen MR) is 65.7 cm³/mol. The van der Waals surface area contributed by atoms with Gasteiger partial charge in [-0.2, -0.15) is 0 Å². The van der Waals surface area contributed by atoms with Crippen LogP contribution >= 0.6 is 0 Å². The molecule has 0 aliphatic heterocycles. The van der Waals surface area contributed by atoms with Crippen molar-refractivity contribution in [2.45, 2.75) is 13.8 Å². The zero-order chi connectivity index (χ0) is 12.6. The largest absolute Gasteiger partial charge is 0.494 e. The van der Waals surface area contributed by atoms with Crippen molar-refractivity contribution in [2.75, 3.05) is 14.2 Å². The highest BCUT2D eigenvalue weighted by atomic mass is 16.5. The second kappa shape index (κ2) is 4.13. The molecule has 4 heteroatoms. The number of fused-ring (bicyclic) bond motifs is 1. The Morgan fingerprint density at radius 3 is 2.53 bits per heavy atom. The van der Waals surface area contributed by atoms with Crippen LogP contribution in [-0.4, -0.2) is 25.2 Å². The van der Waals surface area contributed by atoms with Crippen molar-refractivity contribution in [1.29, 1.82) is 0 Å². The quantitative estimate of drug-likeness (QED) is 0.811. The first-order valence-electron chi connectivity index (χ1n) is 5.33. The third-order valence-electron chi connectivity index (χ3n) is 2.80. The van der Waals surface area contributed by atoms with Crippen molar-refractivity contribution in [3.05, 3.63) is 29.0 Å². The molecule has 90 valence electrons. The number of benzene rings is 1. The summed E-state index contributed by atoms with van der Waals surface area (Å²) in [5.74, 6) is 0.161. The monoisotopic (exact) mass is 233 g/mol. The molecule has 0 amide bonds. The molecular formula is C13H15NO3. The number of methoxy groups -OCH3 is 2. The molecule has 17 heavy (non-hydrogen) atoms. The van der Waals surface area contributed by atoms with E-state index < -0.39 is 0 Å². The van der Waals surface area contributed by atoms with E-state index in [1.54, 1.807) is 7.11 Å². The number of carbonyl (C=O) groups excluding carboxylic acids is 1. The highest BCUT2D eigenvalue weighted by Crippen LogP contribution is 2.32. The summed E-state index contributed by atoms with van der Waals surface area (Å²) in [6.07, 6.45) is 0. The van der Waals surface area contributed by atoms with Crippen LogP contribution in [0, 0.1) is 13.8 Å². The fourth-order valence-electron chi connectivity index (χ4n) is 2.08. The van der Waals surface area contributed by atoms with Crippen LogP contribution in [0.1, 0.15) is 21.6 Å². The molecule has 0 saturated carbocycles. The molecule has 2 rings (SSSR count). The van der Waals surface area contributed by atoms with Crippen LogP contribution in [0.3, 0.4) is 0 Å². The fraction of sp³-hybridized carbons (Fsp3) is 0.308. The zero-order valence-corrected chi connectivity index (χ0v) is 10.4. The summed E-state index contributed by atoms with van der Waals surface area (Å²) in [6.45, 7) is 3.84. The number of esters is 1. The second-order valence-electron chi connectivity index (χ2n) is 4.01. The Kier molecular flexibility index (Phi) is 2.79. The number of ether oxygens (including phenoxy) is 2. The summed E-state index contributed by atoms with van der Waals surface area (Å²) in [5, 5.41) is 1.03. The summed E-state index contributed by atoms with van der Waals surface area (Å²) in [5.41, 5.74) is 3.18. The van der Waals surface area contributed by atoms with Crippen molar-refractivity contribution >= 4 is 16.9 Å². The van der Waals surface area contributed by atoms with Gasteiger partial charge in [-0.1, -0.05) is 0 Å². The minimum atomic E-state index is -0.381. The molecule has 0 unspecified atom stereocenters. The van der Waals surface area contributed by atoms with Gasteiger partial charge in [0.25, 0.3) is 0 Å². The van der Waals surface area contributed by atoms with Crippen molar-refractivity contribution in [1.82, 2.24) is 4.98 Å². The fourth-order valence-corrected chi connectivity index (χ4v) is 2.08. The number of hydrogen-bond donors (Lipinski definition) is 1. The van der Waals surface area contributed by atoms with E-state index in [0.29, 0.717) is 11.3 Å². The van der Waals surface area contributed by atoms with Crippen molar-refractivity contribution < 1.29 is 14.3 Å². The molecule has 0 spiro atoms. The lowest BCUT2D eigenvalue weighted by Crippen LogP contribution is -2.07. The Morgan fingerprint density at radius 1 is 1.24 bits per heavy atom. The average Bonchev–Trinajstić information content (AvgIpc) is 2.66. The van der Waals surface area contributed by atoms with E-state index in [1.807, 2.05) is 26.0 Å². The smallest absolute Gasteiger partial charge is 0.342 e. The third-order valence-corrected chi connectivity index (χ3v) is 2.80. The van der Waals surface area contributed by atoms with Gasteiger partial charge < -0.3 is 14.5 Å². The summed E-state index contributed by atoms with van der Waals surface area (Å²) in [7, 11) is 2.92. The molecule has 0 atom stereocenters. The van der Waals surface area contributed by atoms with Gasteiger partial charge in [0, 0.05) is 11.1 Å². The molecule has 0 aliphatic carbocycles. The van der Waals surface area contributed by atoms with E-state index in [9.17, 15) is 4.79 Å². The van der Waals surface area contributed by atoms with Gasteiger partial charge in [-0.05, 0) is 31.5 Å². The van der Waals surface area contributed by atoms with Crippen LogP contribution < -0.4 is 4.74 Å². The van der Waals surface area contributed by atoms with Gasteiger partial charge in [0.15, 0.2) is 5.75 Å². The minimum absolute atomic E-state index is 0.381. The summed E-state index contributed by atoms with van der Waals surface area (Å²) in [4.78, 5) is 14.9. The van der Waals surface area contributed by atoms with Crippen molar-refractivity contribution in [2.24, 2.45) is 0 Å². The Hall–Kier alpha value is -1.97. The number of aromatic nitrogens is 1. The van der Waals surface area contributed by atoms with E-state index >= 15 is 0 Å². The lowest BCUT2D eigenvalue weighted by molar-refractivity contribution is 0.0596. The molecule has 1 heterocycles. The molecule has 4 nitrogen and oxygen atoms in total. The summed E-state index contributed by atoms with van der Waals surface area (Å²) in [6, 6.07) is 3.97. The summed E-state index contributed by atoms with van der Waals surface area (Å²) < 4.78 is 10.1. The zero-order valence-electron chi connectivity index (χ0n) is 10.4. The van der Waals surface area contributed by atoms with Crippen LogP contribution in [-0.2, 0) is 4.74 Å². The topological polar surface area (TPSA) is 51.3 Å². The molecule has 2 aromatic rings. The van der Waals surface area contributed by atoms with Crippen LogP contribution in [0.15, 0.2) is 12.1 Å². The molecule has 0 saturated heterocycles. The maximum absolute atomic E-state index is 11.7. The van der Waals surface area contributed by atoms with Gasteiger partial charge in [-0.25, -0.2) is 4.79 Å². The van der Waals surface area contributed by atoms with Crippen LogP contribution in [0.25, 0.3) is 10.9 Å². The van der Waals surface area contributed by atoms with Gasteiger partial charge in [-0.15, -0.1) is 0 Å². The molecule has 0 radical (unpaired) electrons. The SMILES string of the molecule is COC(=O)c1c(C)cc2cc(C)[nH]c2c1OC. The lowest BCUT2D eigenvalue weighted by atomic mass is 10.0. The molecule has 1 N–H and O–H groups in total. The van der Waals surface area contributed by atoms with Gasteiger partial charge >= 0.3 is 5.97 Å². The summed E-state index contributed by atoms with van der Waals surface area (Å²) >= 11 is 0. The van der Waals surface area contributed by atoms with E-state index in [2.05, 4.69) is 4.98 Å². The number of carbonyl (C=O) groups is 1. The van der Waals surface area contributed by atoms with Crippen molar-refractivity contribution in [3.8, 4) is 5.75 Å².